The van der Waals surface area contributed by atoms with Crippen molar-refractivity contribution < 1.29 is 14.4 Å². The Morgan fingerprint density at radius 2 is 1.79 bits per heavy atom. The molecule has 0 spiro atoms. The number of hydrogen-bond acceptors (Lipinski definition) is 4. The van der Waals surface area contributed by atoms with Gasteiger partial charge in [0.15, 0.2) is 0 Å². The molecule has 0 radical (unpaired) electrons. The average Bonchev–Trinajstić information content (AvgIpc) is 3.41. The Morgan fingerprint density at radius 1 is 1.12 bits per heavy atom. The number of thiophene rings is 1. The number of piperazine rings is 1. The molecule has 1 aromatic heterocycles. The SMILES string of the molecule is CC(C)C[C@@H]1C(=O)N[C@H](C2Cc3ccccc3C2)C(=O)N1[C@@H](C(=O)NC(C)C)c1ccsc1. The Labute approximate surface area is 199 Å². The maximum Gasteiger partial charge on any atom is 0.247 e. The summed E-state index contributed by atoms with van der Waals surface area (Å²) in [6.07, 6.45) is 2.00. The van der Waals surface area contributed by atoms with Crippen molar-refractivity contribution in [1.82, 2.24) is 15.5 Å². The van der Waals surface area contributed by atoms with Crippen molar-refractivity contribution in [1.29, 1.82) is 0 Å². The molecule has 1 saturated heterocycles. The molecular weight excluding hydrogens is 434 g/mol. The molecule has 4 rings (SSSR count). The number of benzene rings is 1. The third kappa shape index (κ3) is 4.83. The van der Waals surface area contributed by atoms with E-state index in [0.717, 1.165) is 18.4 Å². The van der Waals surface area contributed by atoms with E-state index in [1.54, 1.807) is 4.90 Å². The molecule has 176 valence electrons. The third-order valence-corrected chi connectivity index (χ3v) is 7.22. The second-order valence-corrected chi connectivity index (χ2v) is 10.7. The van der Waals surface area contributed by atoms with E-state index in [1.807, 2.05) is 56.7 Å². The Kier molecular flexibility index (Phi) is 6.88. The van der Waals surface area contributed by atoms with Crippen LogP contribution in [0.4, 0.5) is 0 Å². The van der Waals surface area contributed by atoms with E-state index in [9.17, 15) is 14.4 Å². The standard InChI is InChI=1S/C26H33N3O3S/c1-15(2)11-21-24(30)28-22(20-12-17-7-5-6-8-18(17)13-20)26(32)29(21)23(19-9-10-33-14-19)25(31)27-16(3)4/h5-10,14-16,20-23H,11-13H2,1-4H3,(H,27,31)(H,28,30)/t21-,22-,23-/m1/s1. The molecule has 3 amide bonds. The van der Waals surface area contributed by atoms with Gasteiger partial charge in [0, 0.05) is 6.04 Å². The second-order valence-electron chi connectivity index (χ2n) is 9.94. The highest BCUT2D eigenvalue weighted by Gasteiger charge is 2.49. The Morgan fingerprint density at radius 3 is 2.33 bits per heavy atom. The van der Waals surface area contributed by atoms with Gasteiger partial charge in [0.2, 0.25) is 17.7 Å². The van der Waals surface area contributed by atoms with Crippen molar-refractivity contribution in [3.63, 3.8) is 0 Å². The first-order chi connectivity index (χ1) is 15.8. The van der Waals surface area contributed by atoms with Crippen molar-refractivity contribution in [2.45, 2.75) is 71.1 Å². The Hall–Kier alpha value is -2.67. The zero-order valence-electron chi connectivity index (χ0n) is 19.7. The summed E-state index contributed by atoms with van der Waals surface area (Å²) in [4.78, 5) is 42.5. The lowest BCUT2D eigenvalue weighted by Crippen LogP contribution is -2.67. The number of nitrogens with one attached hydrogen (secondary N) is 2. The highest BCUT2D eigenvalue weighted by molar-refractivity contribution is 7.08. The summed E-state index contributed by atoms with van der Waals surface area (Å²) < 4.78 is 0. The van der Waals surface area contributed by atoms with Gasteiger partial charge in [0.25, 0.3) is 0 Å². The van der Waals surface area contributed by atoms with Crippen molar-refractivity contribution in [2.24, 2.45) is 11.8 Å². The van der Waals surface area contributed by atoms with Crippen molar-refractivity contribution in [2.75, 3.05) is 0 Å². The second kappa shape index (κ2) is 9.67. The molecule has 1 aliphatic carbocycles. The van der Waals surface area contributed by atoms with Crippen LogP contribution in [0.5, 0.6) is 0 Å². The van der Waals surface area contributed by atoms with E-state index in [2.05, 4.69) is 22.8 Å². The topological polar surface area (TPSA) is 78.5 Å². The van der Waals surface area contributed by atoms with Crippen LogP contribution in [0.1, 0.15) is 56.8 Å². The first kappa shape index (κ1) is 23.5. The molecule has 1 aromatic carbocycles. The molecule has 3 atom stereocenters. The van der Waals surface area contributed by atoms with Crippen LogP contribution >= 0.6 is 11.3 Å². The molecule has 1 fully saturated rings. The first-order valence-electron chi connectivity index (χ1n) is 11.8. The lowest BCUT2D eigenvalue weighted by Gasteiger charge is -2.44. The van der Waals surface area contributed by atoms with Crippen molar-refractivity contribution in [3.05, 3.63) is 57.8 Å². The molecule has 2 N–H and O–H groups in total. The Bertz CT molecular complexity index is 993. The number of rotatable bonds is 7. The molecule has 2 aromatic rings. The van der Waals surface area contributed by atoms with E-state index in [1.165, 1.54) is 22.5 Å². The summed E-state index contributed by atoms with van der Waals surface area (Å²) in [5.41, 5.74) is 3.21. The van der Waals surface area contributed by atoms with Gasteiger partial charge in [-0.3, -0.25) is 14.4 Å². The number of nitrogens with zero attached hydrogens (tertiary/aromatic N) is 1. The summed E-state index contributed by atoms with van der Waals surface area (Å²) in [7, 11) is 0. The van der Waals surface area contributed by atoms with Crippen LogP contribution in [0.3, 0.4) is 0 Å². The summed E-state index contributed by atoms with van der Waals surface area (Å²) in [5, 5.41) is 9.83. The molecule has 2 heterocycles. The highest BCUT2D eigenvalue weighted by atomic mass is 32.1. The number of hydrogen-bond donors (Lipinski definition) is 2. The summed E-state index contributed by atoms with van der Waals surface area (Å²) in [5.74, 6) is -0.388. The highest BCUT2D eigenvalue weighted by Crippen LogP contribution is 2.35. The molecular formula is C26H33N3O3S. The predicted molar refractivity (Wildman–Crippen MR) is 130 cm³/mol. The predicted octanol–water partition coefficient (Wildman–Crippen LogP) is 3.47. The maximum absolute atomic E-state index is 14.1. The number of carbonyl (C=O) groups excluding carboxylic acids is 3. The lowest BCUT2D eigenvalue weighted by atomic mass is 9.88. The summed E-state index contributed by atoms with van der Waals surface area (Å²) >= 11 is 1.48. The van der Waals surface area contributed by atoms with Gasteiger partial charge in [-0.1, -0.05) is 38.1 Å². The van der Waals surface area contributed by atoms with Gasteiger partial charge in [-0.2, -0.15) is 11.3 Å². The lowest BCUT2D eigenvalue weighted by molar-refractivity contribution is -0.158. The van der Waals surface area contributed by atoms with Crippen LogP contribution in [-0.4, -0.2) is 40.7 Å². The van der Waals surface area contributed by atoms with E-state index in [-0.39, 0.29) is 35.6 Å². The summed E-state index contributed by atoms with van der Waals surface area (Å²) in [6.45, 7) is 7.86. The van der Waals surface area contributed by atoms with Crippen LogP contribution in [0.15, 0.2) is 41.1 Å². The molecule has 1 aliphatic heterocycles. The monoisotopic (exact) mass is 467 g/mol. The van der Waals surface area contributed by atoms with Gasteiger partial charge in [-0.25, -0.2) is 0 Å². The zero-order chi connectivity index (χ0) is 23.7. The fourth-order valence-corrected chi connectivity index (χ4v) is 5.79. The first-order valence-corrected chi connectivity index (χ1v) is 12.7. The van der Waals surface area contributed by atoms with Crippen LogP contribution in [0.2, 0.25) is 0 Å². The van der Waals surface area contributed by atoms with Crippen molar-refractivity contribution >= 4 is 29.1 Å². The fourth-order valence-electron chi connectivity index (χ4n) is 5.11. The van der Waals surface area contributed by atoms with Crippen LogP contribution in [0, 0.1) is 11.8 Å². The average molecular weight is 468 g/mol. The minimum atomic E-state index is -0.827. The largest absolute Gasteiger partial charge is 0.352 e. The minimum absolute atomic E-state index is 0.0161. The fraction of sp³-hybridized carbons (Fsp3) is 0.500. The van der Waals surface area contributed by atoms with Crippen molar-refractivity contribution in [3.8, 4) is 0 Å². The number of fused-ring (bicyclic) bond motifs is 1. The minimum Gasteiger partial charge on any atom is -0.352 e. The van der Waals surface area contributed by atoms with E-state index < -0.39 is 18.1 Å². The van der Waals surface area contributed by atoms with Crippen LogP contribution in [-0.2, 0) is 27.2 Å². The number of carbonyl (C=O) groups is 3. The van der Waals surface area contributed by atoms with E-state index >= 15 is 0 Å². The zero-order valence-corrected chi connectivity index (χ0v) is 20.5. The maximum atomic E-state index is 14.1. The van der Waals surface area contributed by atoms with Gasteiger partial charge >= 0.3 is 0 Å². The van der Waals surface area contributed by atoms with Gasteiger partial charge in [0.1, 0.15) is 18.1 Å². The molecule has 0 saturated carbocycles. The summed E-state index contributed by atoms with van der Waals surface area (Å²) in [6, 6.07) is 7.86. The molecule has 7 heteroatoms. The van der Waals surface area contributed by atoms with Gasteiger partial charge < -0.3 is 15.5 Å². The third-order valence-electron chi connectivity index (χ3n) is 6.52. The molecule has 0 bridgehead atoms. The van der Waals surface area contributed by atoms with Gasteiger partial charge in [-0.05, 0) is 78.5 Å². The smallest absolute Gasteiger partial charge is 0.247 e. The van der Waals surface area contributed by atoms with Gasteiger partial charge in [0.05, 0.1) is 0 Å². The van der Waals surface area contributed by atoms with Crippen LogP contribution in [0.25, 0.3) is 0 Å². The van der Waals surface area contributed by atoms with Crippen LogP contribution < -0.4 is 10.6 Å². The van der Waals surface area contributed by atoms with E-state index in [4.69, 9.17) is 0 Å². The van der Waals surface area contributed by atoms with Gasteiger partial charge in [-0.15, -0.1) is 0 Å². The quantitative estimate of drug-likeness (QED) is 0.655. The molecule has 2 aliphatic rings. The van der Waals surface area contributed by atoms with E-state index in [0.29, 0.717) is 6.42 Å². The number of amides is 3. The normalized spacial score (nSPS) is 21.9. The molecule has 6 nitrogen and oxygen atoms in total. The molecule has 0 unspecified atom stereocenters. The molecule has 33 heavy (non-hydrogen) atoms. The Balaban J connectivity index is 1.71.